The molecule has 1 amide bonds. The molecule has 0 aliphatic carbocycles. The first kappa shape index (κ1) is 20.4. The van der Waals surface area contributed by atoms with Crippen molar-refractivity contribution in [3.63, 3.8) is 0 Å². The monoisotopic (exact) mass is 436 g/mol. The summed E-state index contributed by atoms with van der Waals surface area (Å²) in [6.07, 6.45) is 0. The van der Waals surface area contributed by atoms with Crippen LogP contribution in [0.25, 0.3) is 22.2 Å². The van der Waals surface area contributed by atoms with Crippen molar-refractivity contribution in [2.24, 2.45) is 0 Å². The zero-order valence-electron chi connectivity index (χ0n) is 16.7. The Morgan fingerprint density at radius 1 is 1.10 bits per heavy atom. The van der Waals surface area contributed by atoms with Gasteiger partial charge in [-0.05, 0) is 36.9 Å². The van der Waals surface area contributed by atoms with Gasteiger partial charge in [-0.3, -0.25) is 4.79 Å². The average molecular weight is 437 g/mol. The maximum Gasteiger partial charge on any atom is 0.234 e. The highest BCUT2D eigenvalue weighted by atomic mass is 35.5. The Morgan fingerprint density at radius 3 is 2.70 bits per heavy atom. The molecule has 3 aromatic carbocycles. The summed E-state index contributed by atoms with van der Waals surface area (Å²) in [6, 6.07) is 19.7. The normalized spacial score (nSPS) is 11.0. The number of fused-ring (bicyclic) bond motifs is 1. The zero-order chi connectivity index (χ0) is 21.1. The van der Waals surface area contributed by atoms with Crippen LogP contribution >= 0.6 is 23.4 Å². The minimum Gasteiger partial charge on any atom is -0.325 e. The van der Waals surface area contributed by atoms with Crippen molar-refractivity contribution in [2.45, 2.75) is 25.5 Å². The van der Waals surface area contributed by atoms with E-state index in [1.54, 1.807) is 0 Å². The van der Waals surface area contributed by atoms with Crippen molar-refractivity contribution < 1.29 is 4.79 Å². The summed E-state index contributed by atoms with van der Waals surface area (Å²) < 4.78 is 2.00. The van der Waals surface area contributed by atoms with Gasteiger partial charge in [-0.1, -0.05) is 71.9 Å². The number of anilines is 1. The van der Waals surface area contributed by atoms with Crippen LogP contribution in [0.5, 0.6) is 0 Å². The van der Waals surface area contributed by atoms with E-state index in [-0.39, 0.29) is 11.7 Å². The van der Waals surface area contributed by atoms with E-state index in [2.05, 4.69) is 15.5 Å². The van der Waals surface area contributed by atoms with Crippen molar-refractivity contribution >= 4 is 45.7 Å². The van der Waals surface area contributed by atoms with E-state index in [4.69, 9.17) is 11.6 Å². The molecule has 1 N–H and O–H groups in total. The van der Waals surface area contributed by atoms with Gasteiger partial charge < -0.3 is 9.88 Å². The number of rotatable bonds is 6. The van der Waals surface area contributed by atoms with Crippen molar-refractivity contribution in [3.05, 3.63) is 71.2 Å². The fourth-order valence-electron chi connectivity index (χ4n) is 3.28. The fourth-order valence-corrected chi connectivity index (χ4v) is 4.26. The van der Waals surface area contributed by atoms with Gasteiger partial charge in [0.05, 0.1) is 5.75 Å². The third kappa shape index (κ3) is 4.20. The number of carbonyl (C=O) groups excluding carboxylic acids is 1. The molecule has 0 spiro atoms. The van der Waals surface area contributed by atoms with Gasteiger partial charge in [-0.15, -0.1) is 10.2 Å². The fraction of sp³-hybridized carbons (Fsp3) is 0.174. The minimum absolute atomic E-state index is 0.0815. The Hall–Kier alpha value is -2.83. The standard InChI is InChI=1S/C23H21ClN4OS/c1-3-28-22(17-12-11-15(2)19(24)13-17)26-27-23(28)30-14-21(29)25-20-10-6-8-16-7-4-5-9-18(16)20/h4-13H,3,14H2,1-2H3,(H,25,29). The van der Waals surface area contributed by atoms with Crippen LogP contribution in [0.15, 0.2) is 65.8 Å². The van der Waals surface area contributed by atoms with Gasteiger partial charge in [0.25, 0.3) is 0 Å². The van der Waals surface area contributed by atoms with Gasteiger partial charge in [-0.2, -0.15) is 0 Å². The van der Waals surface area contributed by atoms with Gasteiger partial charge in [0.1, 0.15) is 0 Å². The van der Waals surface area contributed by atoms with Crippen molar-refractivity contribution in [1.82, 2.24) is 14.8 Å². The highest BCUT2D eigenvalue weighted by Gasteiger charge is 2.15. The predicted molar refractivity (Wildman–Crippen MR) is 124 cm³/mol. The lowest BCUT2D eigenvalue weighted by Crippen LogP contribution is -2.15. The van der Waals surface area contributed by atoms with Crippen LogP contribution in [0.3, 0.4) is 0 Å². The molecule has 0 radical (unpaired) electrons. The Bertz CT molecular complexity index is 1220. The second kappa shape index (κ2) is 8.90. The largest absolute Gasteiger partial charge is 0.325 e. The van der Waals surface area contributed by atoms with E-state index in [1.807, 2.05) is 79.1 Å². The third-order valence-corrected chi connectivity index (χ3v) is 6.23. The van der Waals surface area contributed by atoms with E-state index in [9.17, 15) is 4.79 Å². The Morgan fingerprint density at radius 2 is 1.90 bits per heavy atom. The molecular weight excluding hydrogens is 416 g/mol. The smallest absolute Gasteiger partial charge is 0.234 e. The number of nitrogens with zero attached hydrogens (tertiary/aromatic N) is 3. The van der Waals surface area contributed by atoms with Gasteiger partial charge in [0.15, 0.2) is 11.0 Å². The summed E-state index contributed by atoms with van der Waals surface area (Å²) in [4.78, 5) is 12.6. The molecule has 1 aromatic heterocycles. The second-order valence-electron chi connectivity index (χ2n) is 6.88. The molecular formula is C23H21ClN4OS. The topological polar surface area (TPSA) is 59.8 Å². The first-order valence-electron chi connectivity index (χ1n) is 9.67. The number of aromatic nitrogens is 3. The second-order valence-corrected chi connectivity index (χ2v) is 8.23. The molecule has 152 valence electrons. The molecule has 0 fully saturated rings. The summed E-state index contributed by atoms with van der Waals surface area (Å²) in [5.41, 5.74) is 2.74. The Kier molecular flexibility index (Phi) is 6.06. The molecule has 30 heavy (non-hydrogen) atoms. The number of hydrogen-bond donors (Lipinski definition) is 1. The van der Waals surface area contributed by atoms with Gasteiger partial charge >= 0.3 is 0 Å². The Labute approximate surface area is 184 Å². The maximum absolute atomic E-state index is 12.6. The van der Waals surface area contributed by atoms with Crippen molar-refractivity contribution in [2.75, 3.05) is 11.1 Å². The third-order valence-electron chi connectivity index (χ3n) is 4.86. The molecule has 4 aromatic rings. The van der Waals surface area contributed by atoms with Crippen LogP contribution in [-0.4, -0.2) is 26.4 Å². The molecule has 0 aliphatic heterocycles. The number of halogens is 1. The number of benzene rings is 3. The van der Waals surface area contributed by atoms with Gasteiger partial charge in [-0.25, -0.2) is 0 Å². The number of thioether (sulfide) groups is 1. The molecule has 0 saturated heterocycles. The highest BCUT2D eigenvalue weighted by molar-refractivity contribution is 7.99. The molecule has 5 nitrogen and oxygen atoms in total. The van der Waals surface area contributed by atoms with E-state index in [0.29, 0.717) is 16.7 Å². The lowest BCUT2D eigenvalue weighted by atomic mass is 10.1. The molecule has 0 saturated carbocycles. The van der Waals surface area contributed by atoms with Crippen LogP contribution in [-0.2, 0) is 11.3 Å². The van der Waals surface area contributed by atoms with Crippen molar-refractivity contribution in [1.29, 1.82) is 0 Å². The SMILES string of the molecule is CCn1c(SCC(=O)Nc2cccc3ccccc23)nnc1-c1ccc(C)c(Cl)c1. The Balaban J connectivity index is 1.49. The van der Waals surface area contributed by atoms with Crippen LogP contribution < -0.4 is 5.32 Å². The summed E-state index contributed by atoms with van der Waals surface area (Å²) in [5, 5.41) is 15.2. The van der Waals surface area contributed by atoms with E-state index >= 15 is 0 Å². The van der Waals surface area contributed by atoms with Gasteiger partial charge in [0.2, 0.25) is 5.91 Å². The molecule has 7 heteroatoms. The first-order chi connectivity index (χ1) is 14.6. The van der Waals surface area contributed by atoms with Crippen molar-refractivity contribution in [3.8, 4) is 11.4 Å². The van der Waals surface area contributed by atoms with Crippen LogP contribution in [0.2, 0.25) is 5.02 Å². The number of nitrogens with one attached hydrogen (secondary N) is 1. The summed E-state index contributed by atoms with van der Waals surface area (Å²) >= 11 is 7.64. The lowest BCUT2D eigenvalue weighted by Gasteiger charge is -2.10. The minimum atomic E-state index is -0.0815. The number of aryl methyl sites for hydroxylation is 1. The van der Waals surface area contributed by atoms with E-state index in [1.165, 1.54) is 11.8 Å². The quantitative estimate of drug-likeness (QED) is 0.387. The number of hydrogen-bond acceptors (Lipinski definition) is 4. The first-order valence-corrected chi connectivity index (χ1v) is 11.0. The molecule has 0 bridgehead atoms. The molecule has 0 aliphatic rings. The maximum atomic E-state index is 12.6. The average Bonchev–Trinajstić information content (AvgIpc) is 3.17. The van der Waals surface area contributed by atoms with Crippen LogP contribution in [0.4, 0.5) is 5.69 Å². The summed E-state index contributed by atoms with van der Waals surface area (Å²) in [5.74, 6) is 0.911. The number of carbonyl (C=O) groups is 1. The summed E-state index contributed by atoms with van der Waals surface area (Å²) in [6.45, 7) is 4.69. The van der Waals surface area contributed by atoms with Crippen LogP contribution in [0, 0.1) is 6.92 Å². The zero-order valence-corrected chi connectivity index (χ0v) is 18.3. The predicted octanol–water partition coefficient (Wildman–Crippen LogP) is 5.81. The van der Waals surface area contributed by atoms with E-state index in [0.717, 1.165) is 33.4 Å². The molecule has 4 rings (SSSR count). The van der Waals surface area contributed by atoms with E-state index < -0.39 is 0 Å². The highest BCUT2D eigenvalue weighted by Crippen LogP contribution is 2.28. The van der Waals surface area contributed by atoms with Crippen LogP contribution in [0.1, 0.15) is 12.5 Å². The molecule has 0 unspecified atom stereocenters. The molecule has 0 atom stereocenters. The van der Waals surface area contributed by atoms with Gasteiger partial charge in [0, 0.05) is 28.2 Å². The molecule has 1 heterocycles. The lowest BCUT2D eigenvalue weighted by molar-refractivity contribution is -0.113. The summed E-state index contributed by atoms with van der Waals surface area (Å²) in [7, 11) is 0. The number of amides is 1.